The van der Waals surface area contributed by atoms with Gasteiger partial charge in [0.2, 0.25) is 0 Å². The lowest BCUT2D eigenvalue weighted by Crippen LogP contribution is -2.23. The predicted octanol–water partition coefficient (Wildman–Crippen LogP) is -0.450. The monoisotopic (exact) mass is 257 g/mol. The number of hydrogen-bond donors (Lipinski definition) is 1. The molecule has 2 N–H and O–H groups in total. The van der Waals surface area contributed by atoms with Gasteiger partial charge in [-0.25, -0.2) is 14.6 Å². The zero-order valence-corrected chi connectivity index (χ0v) is 10.2. The Kier molecular flexibility index (Phi) is 2.48. The van der Waals surface area contributed by atoms with Crippen LogP contribution in [-0.2, 0) is 13.6 Å². The topological polar surface area (TPSA) is 105 Å². The van der Waals surface area contributed by atoms with Crippen molar-refractivity contribution in [2.45, 2.75) is 6.54 Å². The molecule has 0 radical (unpaired) electrons. The highest BCUT2D eigenvalue weighted by Gasteiger charge is 2.10. The van der Waals surface area contributed by atoms with Gasteiger partial charge in [-0.1, -0.05) is 0 Å². The molecule has 0 saturated carbocycles. The molecule has 0 spiro atoms. The van der Waals surface area contributed by atoms with E-state index >= 15 is 0 Å². The van der Waals surface area contributed by atoms with Crippen molar-refractivity contribution in [2.24, 2.45) is 7.05 Å². The van der Waals surface area contributed by atoms with Crippen LogP contribution < -0.4 is 11.3 Å². The number of anilines is 1. The van der Waals surface area contributed by atoms with Crippen LogP contribution >= 0.6 is 0 Å². The highest BCUT2D eigenvalue weighted by molar-refractivity contribution is 5.84. The van der Waals surface area contributed by atoms with Crippen LogP contribution in [0.2, 0.25) is 0 Å². The minimum absolute atomic E-state index is 0.172. The van der Waals surface area contributed by atoms with E-state index in [0.29, 0.717) is 22.7 Å². The van der Waals surface area contributed by atoms with Crippen LogP contribution in [0.25, 0.3) is 11.0 Å². The molecule has 0 fully saturated rings. The fourth-order valence-corrected chi connectivity index (χ4v) is 1.80. The van der Waals surface area contributed by atoms with E-state index in [2.05, 4.69) is 20.2 Å². The normalized spacial score (nSPS) is 11.0. The molecule has 3 aromatic rings. The molecule has 8 nitrogen and oxygen atoms in total. The van der Waals surface area contributed by atoms with E-state index in [1.54, 1.807) is 24.0 Å². The van der Waals surface area contributed by atoms with Crippen molar-refractivity contribution in [1.29, 1.82) is 0 Å². The highest BCUT2D eigenvalue weighted by atomic mass is 16.1. The fourth-order valence-electron chi connectivity index (χ4n) is 1.80. The van der Waals surface area contributed by atoms with Gasteiger partial charge < -0.3 is 5.73 Å². The third kappa shape index (κ3) is 1.92. The number of hydrogen-bond acceptors (Lipinski definition) is 6. The van der Waals surface area contributed by atoms with Gasteiger partial charge in [-0.3, -0.25) is 9.48 Å². The Morgan fingerprint density at radius 1 is 1.32 bits per heavy atom. The quantitative estimate of drug-likeness (QED) is 0.666. The van der Waals surface area contributed by atoms with E-state index in [9.17, 15) is 4.79 Å². The average molecular weight is 257 g/mol. The molecule has 3 heterocycles. The first-order valence-corrected chi connectivity index (χ1v) is 5.61. The van der Waals surface area contributed by atoms with Crippen LogP contribution in [0.15, 0.2) is 29.3 Å². The fraction of sp³-hybridized carbons (Fsp3) is 0.182. The number of nitrogen functional groups attached to an aromatic ring is 1. The van der Waals surface area contributed by atoms with Crippen LogP contribution in [0.1, 0.15) is 5.82 Å². The summed E-state index contributed by atoms with van der Waals surface area (Å²) in [5.41, 5.74) is 6.27. The van der Waals surface area contributed by atoms with Crippen molar-refractivity contribution in [1.82, 2.24) is 29.5 Å². The van der Waals surface area contributed by atoms with Gasteiger partial charge in [-0.05, 0) is 6.07 Å². The second-order valence-electron chi connectivity index (χ2n) is 4.05. The summed E-state index contributed by atoms with van der Waals surface area (Å²) >= 11 is 0. The first-order chi connectivity index (χ1) is 9.15. The van der Waals surface area contributed by atoms with Crippen LogP contribution in [0.5, 0.6) is 0 Å². The molecular formula is C11H11N7O. The maximum absolute atomic E-state index is 11.6. The second-order valence-corrected chi connectivity index (χ2v) is 4.05. The highest BCUT2D eigenvalue weighted by Crippen LogP contribution is 2.16. The van der Waals surface area contributed by atoms with Crippen molar-refractivity contribution in [3.05, 3.63) is 40.7 Å². The summed E-state index contributed by atoms with van der Waals surface area (Å²) in [6, 6.07) is 3.01. The van der Waals surface area contributed by atoms with Gasteiger partial charge in [0.15, 0.2) is 11.5 Å². The van der Waals surface area contributed by atoms with Gasteiger partial charge in [-0.15, -0.1) is 0 Å². The van der Waals surface area contributed by atoms with Gasteiger partial charge in [0.1, 0.15) is 12.4 Å². The van der Waals surface area contributed by atoms with Gasteiger partial charge in [-0.2, -0.15) is 10.2 Å². The van der Waals surface area contributed by atoms with Crippen LogP contribution in [0, 0.1) is 0 Å². The Morgan fingerprint density at radius 2 is 2.16 bits per heavy atom. The summed E-state index contributed by atoms with van der Waals surface area (Å²) in [6.07, 6.45) is 3.15. The predicted molar refractivity (Wildman–Crippen MR) is 68.3 cm³/mol. The number of nitrogens with zero attached hydrogens (tertiary/aromatic N) is 6. The standard InChI is InChI=1S/C11H11N7O/c1-17-11-7(5-14-17)10(12)15-8(16-11)6-18-9(19)3-2-4-13-18/h2-5H,6H2,1H3,(H2,12,15,16). The summed E-state index contributed by atoms with van der Waals surface area (Å²) < 4.78 is 2.88. The number of rotatable bonds is 2. The second kappa shape index (κ2) is 4.16. The SMILES string of the molecule is Cn1ncc2c(N)nc(Cn3ncccc3=O)nc21. The largest absolute Gasteiger partial charge is 0.383 e. The maximum Gasteiger partial charge on any atom is 0.267 e. The first kappa shape index (κ1) is 11.3. The van der Waals surface area contributed by atoms with Crippen molar-refractivity contribution in [2.75, 3.05) is 5.73 Å². The van der Waals surface area contributed by atoms with E-state index in [-0.39, 0.29) is 12.1 Å². The summed E-state index contributed by atoms with van der Waals surface area (Å²) in [5.74, 6) is 0.770. The van der Waals surface area contributed by atoms with Crippen LogP contribution in [0.4, 0.5) is 5.82 Å². The molecule has 3 aromatic heterocycles. The smallest absolute Gasteiger partial charge is 0.267 e. The molecule has 0 aliphatic rings. The summed E-state index contributed by atoms with van der Waals surface area (Å²) in [5, 5.41) is 8.72. The van der Waals surface area contributed by atoms with Gasteiger partial charge >= 0.3 is 0 Å². The summed E-state index contributed by atoms with van der Waals surface area (Å²) in [4.78, 5) is 20.1. The van der Waals surface area contributed by atoms with Crippen molar-refractivity contribution < 1.29 is 0 Å². The molecule has 0 atom stereocenters. The maximum atomic E-state index is 11.6. The van der Waals surface area contributed by atoms with Crippen molar-refractivity contribution in [3.63, 3.8) is 0 Å². The Hall–Kier alpha value is -2.77. The minimum atomic E-state index is -0.213. The van der Waals surface area contributed by atoms with E-state index in [4.69, 9.17) is 5.73 Å². The van der Waals surface area contributed by atoms with E-state index < -0.39 is 0 Å². The Labute approximate surface area is 107 Å². The lowest BCUT2D eigenvalue weighted by atomic mass is 10.4. The number of nitrogens with two attached hydrogens (primary N) is 1. The molecule has 3 rings (SSSR count). The Morgan fingerprint density at radius 3 is 2.95 bits per heavy atom. The average Bonchev–Trinajstić information content (AvgIpc) is 2.75. The lowest BCUT2D eigenvalue weighted by Gasteiger charge is -2.04. The minimum Gasteiger partial charge on any atom is -0.383 e. The molecule has 8 heteroatoms. The number of aryl methyl sites for hydroxylation is 1. The number of fused-ring (bicyclic) bond motifs is 1. The molecule has 96 valence electrons. The van der Waals surface area contributed by atoms with Crippen LogP contribution in [-0.4, -0.2) is 29.5 Å². The van der Waals surface area contributed by atoms with Gasteiger partial charge in [0.05, 0.1) is 11.6 Å². The molecule has 0 aliphatic carbocycles. The molecule has 0 saturated heterocycles. The summed E-state index contributed by atoms with van der Waals surface area (Å²) in [7, 11) is 1.77. The van der Waals surface area contributed by atoms with Crippen molar-refractivity contribution in [3.8, 4) is 0 Å². The molecule has 0 unspecified atom stereocenters. The third-order valence-electron chi connectivity index (χ3n) is 2.74. The molecule has 19 heavy (non-hydrogen) atoms. The molecule has 0 aliphatic heterocycles. The third-order valence-corrected chi connectivity index (χ3v) is 2.74. The Balaban J connectivity index is 2.09. The zero-order chi connectivity index (χ0) is 13.4. The zero-order valence-electron chi connectivity index (χ0n) is 10.2. The summed E-state index contributed by atoms with van der Waals surface area (Å²) in [6.45, 7) is 0.172. The van der Waals surface area contributed by atoms with E-state index in [1.807, 2.05) is 0 Å². The van der Waals surface area contributed by atoms with Crippen molar-refractivity contribution >= 4 is 16.9 Å². The lowest BCUT2D eigenvalue weighted by molar-refractivity contribution is 0.615. The molecule has 0 aromatic carbocycles. The van der Waals surface area contributed by atoms with Gasteiger partial charge in [0.25, 0.3) is 5.56 Å². The number of aromatic nitrogens is 6. The van der Waals surface area contributed by atoms with Gasteiger partial charge in [0, 0.05) is 19.3 Å². The molecular weight excluding hydrogens is 246 g/mol. The Bertz CT molecular complexity index is 804. The molecule has 0 bridgehead atoms. The van der Waals surface area contributed by atoms with E-state index in [0.717, 1.165) is 0 Å². The first-order valence-electron chi connectivity index (χ1n) is 5.61. The van der Waals surface area contributed by atoms with E-state index in [1.165, 1.54) is 16.9 Å². The molecule has 0 amide bonds. The van der Waals surface area contributed by atoms with Crippen LogP contribution in [0.3, 0.4) is 0 Å².